The van der Waals surface area contributed by atoms with Crippen LogP contribution in [0.3, 0.4) is 0 Å². The zero-order valence-corrected chi connectivity index (χ0v) is 13.2. The van der Waals surface area contributed by atoms with Gasteiger partial charge >= 0.3 is 0 Å². The van der Waals surface area contributed by atoms with Crippen LogP contribution in [-0.2, 0) is 6.54 Å². The lowest BCUT2D eigenvalue weighted by Crippen LogP contribution is -2.20. The van der Waals surface area contributed by atoms with Crippen molar-refractivity contribution in [3.05, 3.63) is 59.7 Å². The van der Waals surface area contributed by atoms with E-state index in [1.54, 1.807) is 7.11 Å². The van der Waals surface area contributed by atoms with E-state index in [-0.39, 0.29) is 6.04 Å². The third kappa shape index (κ3) is 3.78. The summed E-state index contributed by atoms with van der Waals surface area (Å²) < 4.78 is 5.33. The number of nitrogens with zero attached hydrogens (tertiary/aromatic N) is 2. The number of hydrogen-bond acceptors (Lipinski definition) is 4. The van der Waals surface area contributed by atoms with Crippen molar-refractivity contribution < 1.29 is 4.74 Å². The normalized spacial score (nSPS) is 11.5. The molecule has 0 amide bonds. The molecule has 4 nitrogen and oxygen atoms in total. The molecule has 2 aromatic rings. The smallest absolute Gasteiger partial charge is 0.123 e. The molecule has 114 valence electrons. The number of para-hydroxylation sites is 1. The second-order valence-electron chi connectivity index (χ2n) is 5.24. The summed E-state index contributed by atoms with van der Waals surface area (Å²) in [5, 5.41) is 12.7. The van der Waals surface area contributed by atoms with Gasteiger partial charge in [0.25, 0.3) is 0 Å². The van der Waals surface area contributed by atoms with E-state index < -0.39 is 0 Å². The molecule has 0 aromatic heterocycles. The number of methoxy groups -OCH3 is 1. The molecule has 0 aliphatic carbocycles. The Hall–Kier alpha value is -2.51. The molecule has 0 fully saturated rings. The van der Waals surface area contributed by atoms with Crippen LogP contribution in [0.2, 0.25) is 0 Å². The maximum absolute atomic E-state index is 9.41. The minimum Gasteiger partial charge on any atom is -0.496 e. The zero-order chi connectivity index (χ0) is 15.9. The first-order valence-corrected chi connectivity index (χ1v) is 7.18. The van der Waals surface area contributed by atoms with Gasteiger partial charge in [-0.2, -0.15) is 5.26 Å². The minimum absolute atomic E-state index is 0.346. The molecule has 0 aliphatic heterocycles. The molecular formula is C18H21N3O. The molecule has 1 N–H and O–H groups in total. The Labute approximate surface area is 131 Å². The Morgan fingerprint density at radius 3 is 2.41 bits per heavy atom. The average Bonchev–Trinajstić information content (AvgIpc) is 2.56. The topological polar surface area (TPSA) is 48.3 Å². The highest BCUT2D eigenvalue weighted by atomic mass is 16.5. The maximum atomic E-state index is 9.41. The molecule has 22 heavy (non-hydrogen) atoms. The Morgan fingerprint density at radius 1 is 1.14 bits per heavy atom. The fourth-order valence-corrected chi connectivity index (χ4v) is 2.26. The largest absolute Gasteiger partial charge is 0.496 e. The average molecular weight is 295 g/mol. The summed E-state index contributed by atoms with van der Waals surface area (Å²) in [6.07, 6.45) is 0. The van der Waals surface area contributed by atoms with Crippen LogP contribution in [0.1, 0.15) is 17.2 Å². The van der Waals surface area contributed by atoms with Gasteiger partial charge in [-0.15, -0.1) is 0 Å². The molecule has 0 saturated heterocycles. The summed E-state index contributed by atoms with van der Waals surface area (Å²) in [6.45, 7) is 0.581. The maximum Gasteiger partial charge on any atom is 0.123 e. The van der Waals surface area contributed by atoms with Crippen molar-refractivity contribution in [2.24, 2.45) is 0 Å². The lowest BCUT2D eigenvalue weighted by Gasteiger charge is -2.16. The quantitative estimate of drug-likeness (QED) is 0.889. The van der Waals surface area contributed by atoms with Crippen LogP contribution in [0.25, 0.3) is 0 Å². The second kappa shape index (κ2) is 7.48. The zero-order valence-electron chi connectivity index (χ0n) is 13.2. The lowest BCUT2D eigenvalue weighted by molar-refractivity contribution is 0.407. The van der Waals surface area contributed by atoms with E-state index in [1.165, 1.54) is 0 Å². The molecule has 2 aromatic carbocycles. The number of nitrogens with one attached hydrogen (secondary N) is 1. The van der Waals surface area contributed by atoms with Crippen LogP contribution >= 0.6 is 0 Å². The van der Waals surface area contributed by atoms with Gasteiger partial charge in [0.1, 0.15) is 11.8 Å². The van der Waals surface area contributed by atoms with Gasteiger partial charge < -0.3 is 9.64 Å². The van der Waals surface area contributed by atoms with Gasteiger partial charge in [0.05, 0.1) is 13.2 Å². The van der Waals surface area contributed by atoms with Gasteiger partial charge in [0.2, 0.25) is 0 Å². The fraction of sp³-hybridized carbons (Fsp3) is 0.278. The monoisotopic (exact) mass is 295 g/mol. The summed E-state index contributed by atoms with van der Waals surface area (Å²) in [7, 11) is 5.65. The van der Waals surface area contributed by atoms with E-state index in [2.05, 4.69) is 11.4 Å². The van der Waals surface area contributed by atoms with Gasteiger partial charge in [-0.1, -0.05) is 30.3 Å². The Kier molecular flexibility index (Phi) is 5.40. The van der Waals surface area contributed by atoms with Crippen LogP contribution < -0.4 is 15.0 Å². The first-order valence-electron chi connectivity index (χ1n) is 7.18. The molecule has 1 atom stereocenters. The van der Waals surface area contributed by atoms with Crippen LogP contribution in [0, 0.1) is 11.3 Å². The van der Waals surface area contributed by atoms with Crippen LogP contribution in [0.5, 0.6) is 5.75 Å². The fourth-order valence-electron chi connectivity index (χ4n) is 2.26. The van der Waals surface area contributed by atoms with Crippen molar-refractivity contribution in [2.45, 2.75) is 12.6 Å². The Bertz CT molecular complexity index is 644. The van der Waals surface area contributed by atoms with Crippen molar-refractivity contribution in [2.75, 3.05) is 26.1 Å². The Balaban J connectivity index is 2.08. The molecule has 2 rings (SSSR count). The highest BCUT2D eigenvalue weighted by molar-refractivity contribution is 5.47. The molecule has 1 unspecified atom stereocenters. The van der Waals surface area contributed by atoms with E-state index in [4.69, 9.17) is 4.74 Å². The lowest BCUT2D eigenvalue weighted by atomic mass is 10.1. The minimum atomic E-state index is -0.346. The van der Waals surface area contributed by atoms with Crippen molar-refractivity contribution in [3.8, 4) is 11.8 Å². The van der Waals surface area contributed by atoms with Crippen molar-refractivity contribution in [3.63, 3.8) is 0 Å². The summed E-state index contributed by atoms with van der Waals surface area (Å²) in [6, 6.07) is 17.8. The first-order chi connectivity index (χ1) is 10.7. The number of hydrogen-bond donors (Lipinski definition) is 1. The number of benzene rings is 2. The van der Waals surface area contributed by atoms with Crippen LogP contribution in [0.15, 0.2) is 48.5 Å². The van der Waals surface area contributed by atoms with Gasteiger partial charge in [0, 0.05) is 31.9 Å². The summed E-state index contributed by atoms with van der Waals surface area (Å²) >= 11 is 0. The number of anilines is 1. The number of nitriles is 1. The van der Waals surface area contributed by atoms with Gasteiger partial charge in [-0.05, 0) is 23.8 Å². The van der Waals surface area contributed by atoms with Gasteiger partial charge in [0.15, 0.2) is 0 Å². The predicted octanol–water partition coefficient (Wildman–Crippen LogP) is 3.12. The van der Waals surface area contributed by atoms with Crippen molar-refractivity contribution in [1.82, 2.24) is 5.32 Å². The van der Waals surface area contributed by atoms with E-state index in [0.717, 1.165) is 22.6 Å². The van der Waals surface area contributed by atoms with E-state index >= 15 is 0 Å². The van der Waals surface area contributed by atoms with E-state index in [0.29, 0.717) is 6.54 Å². The van der Waals surface area contributed by atoms with Crippen LogP contribution in [0.4, 0.5) is 5.69 Å². The summed E-state index contributed by atoms with van der Waals surface area (Å²) in [5.74, 6) is 0.828. The number of rotatable bonds is 6. The molecule has 0 aliphatic rings. The van der Waals surface area contributed by atoms with E-state index in [1.807, 2.05) is 67.5 Å². The van der Waals surface area contributed by atoms with E-state index in [9.17, 15) is 5.26 Å². The first kappa shape index (κ1) is 15.9. The highest BCUT2D eigenvalue weighted by Crippen LogP contribution is 2.20. The molecular weight excluding hydrogens is 274 g/mol. The van der Waals surface area contributed by atoms with Crippen molar-refractivity contribution in [1.29, 1.82) is 5.26 Å². The number of ether oxygens (including phenoxy) is 1. The standard InChI is InChI=1S/C18H21N3O/c1-21(2)16-10-8-14(9-11-16)17(12-19)20-13-15-6-4-5-7-18(15)22-3/h4-11,17,20H,13H2,1-3H3. The molecule has 0 bridgehead atoms. The highest BCUT2D eigenvalue weighted by Gasteiger charge is 2.11. The molecule has 0 spiro atoms. The van der Waals surface area contributed by atoms with Gasteiger partial charge in [-0.25, -0.2) is 0 Å². The molecule has 0 heterocycles. The van der Waals surface area contributed by atoms with Crippen molar-refractivity contribution >= 4 is 5.69 Å². The second-order valence-corrected chi connectivity index (χ2v) is 5.24. The summed E-state index contributed by atoms with van der Waals surface area (Å²) in [5.41, 5.74) is 3.11. The summed E-state index contributed by atoms with van der Waals surface area (Å²) in [4.78, 5) is 2.04. The Morgan fingerprint density at radius 2 is 1.82 bits per heavy atom. The molecule has 0 radical (unpaired) electrons. The van der Waals surface area contributed by atoms with Gasteiger partial charge in [-0.3, -0.25) is 5.32 Å². The SMILES string of the molecule is COc1ccccc1CNC(C#N)c1ccc(N(C)C)cc1. The third-order valence-corrected chi connectivity index (χ3v) is 3.56. The van der Waals surface area contributed by atoms with Crippen LogP contribution in [-0.4, -0.2) is 21.2 Å². The molecule has 0 saturated carbocycles. The predicted molar refractivity (Wildman–Crippen MR) is 89.0 cm³/mol. The molecule has 4 heteroatoms. The third-order valence-electron chi connectivity index (χ3n) is 3.56.